The van der Waals surface area contributed by atoms with Gasteiger partial charge in [-0.1, -0.05) is 30.3 Å². The van der Waals surface area contributed by atoms with E-state index < -0.39 is 17.8 Å². The van der Waals surface area contributed by atoms with Crippen LogP contribution in [0.15, 0.2) is 72.8 Å². The summed E-state index contributed by atoms with van der Waals surface area (Å²) in [7, 11) is 1.53. The van der Waals surface area contributed by atoms with Crippen LogP contribution < -0.4 is 25.2 Å². The second kappa shape index (κ2) is 9.93. The monoisotopic (exact) mass is 419 g/mol. The molecule has 0 aliphatic rings. The number of ether oxygens (including phenoxy) is 2. The third-order valence-electron chi connectivity index (χ3n) is 4.24. The number of benzene rings is 3. The standard InChI is InChI=1S/C23H20N2O6/c1-30-17-5-4-6-18(13-17)31-14-21(26)25-20-8-3-2-7-19(20)22(27)24-16-11-9-15(10-12-16)23(28)29/h2-13H,14H2,1H3,(H,24,27)(H,25,26)(H,28,29)/p-1. The minimum Gasteiger partial charge on any atom is -0.545 e. The van der Waals surface area contributed by atoms with Gasteiger partial charge in [0.05, 0.1) is 24.3 Å². The number of aromatic carboxylic acids is 1. The fourth-order valence-corrected chi connectivity index (χ4v) is 2.70. The second-order valence-electron chi connectivity index (χ2n) is 6.38. The van der Waals surface area contributed by atoms with E-state index in [4.69, 9.17) is 9.47 Å². The molecule has 0 aromatic heterocycles. The Labute approximate surface area is 178 Å². The SMILES string of the molecule is COc1cccc(OCC(=O)Nc2ccccc2C(=O)Nc2ccc(C(=O)[O-])cc2)c1. The van der Waals surface area contributed by atoms with Crippen molar-refractivity contribution in [2.45, 2.75) is 0 Å². The number of amides is 2. The lowest BCUT2D eigenvalue weighted by molar-refractivity contribution is -0.255. The van der Waals surface area contributed by atoms with Crippen LogP contribution in [-0.4, -0.2) is 31.5 Å². The van der Waals surface area contributed by atoms with E-state index in [1.165, 1.54) is 31.4 Å². The molecule has 0 radical (unpaired) electrons. The number of carbonyl (C=O) groups excluding carboxylic acids is 3. The molecule has 3 aromatic carbocycles. The molecule has 0 heterocycles. The van der Waals surface area contributed by atoms with Gasteiger partial charge in [0.1, 0.15) is 11.5 Å². The van der Waals surface area contributed by atoms with E-state index in [2.05, 4.69) is 10.6 Å². The third kappa shape index (κ3) is 5.83. The van der Waals surface area contributed by atoms with E-state index in [0.29, 0.717) is 22.9 Å². The normalized spacial score (nSPS) is 10.1. The molecule has 8 nitrogen and oxygen atoms in total. The minimum atomic E-state index is -1.30. The van der Waals surface area contributed by atoms with Crippen LogP contribution in [0.3, 0.4) is 0 Å². The molecule has 2 N–H and O–H groups in total. The first-order valence-electron chi connectivity index (χ1n) is 9.25. The zero-order valence-corrected chi connectivity index (χ0v) is 16.6. The second-order valence-corrected chi connectivity index (χ2v) is 6.38. The zero-order chi connectivity index (χ0) is 22.2. The van der Waals surface area contributed by atoms with Gasteiger partial charge in [-0.05, 0) is 42.0 Å². The number of hydrogen-bond donors (Lipinski definition) is 2. The van der Waals surface area contributed by atoms with Crippen molar-refractivity contribution in [1.29, 1.82) is 0 Å². The summed E-state index contributed by atoms with van der Waals surface area (Å²) in [6.07, 6.45) is 0. The number of carbonyl (C=O) groups is 3. The van der Waals surface area contributed by atoms with Crippen LogP contribution >= 0.6 is 0 Å². The fourth-order valence-electron chi connectivity index (χ4n) is 2.70. The number of para-hydroxylation sites is 1. The van der Waals surface area contributed by atoms with Crippen LogP contribution in [0.5, 0.6) is 11.5 Å². The van der Waals surface area contributed by atoms with Gasteiger partial charge < -0.3 is 30.0 Å². The Hall–Kier alpha value is -4.33. The fraction of sp³-hybridized carbons (Fsp3) is 0.0870. The summed E-state index contributed by atoms with van der Waals surface area (Å²) < 4.78 is 10.6. The maximum absolute atomic E-state index is 12.6. The summed E-state index contributed by atoms with van der Waals surface area (Å²) in [5.41, 5.74) is 0.950. The highest BCUT2D eigenvalue weighted by molar-refractivity contribution is 6.10. The zero-order valence-electron chi connectivity index (χ0n) is 16.6. The molecule has 0 aliphatic heterocycles. The lowest BCUT2D eigenvalue weighted by Crippen LogP contribution is -2.23. The lowest BCUT2D eigenvalue weighted by Gasteiger charge is -2.12. The van der Waals surface area contributed by atoms with E-state index in [-0.39, 0.29) is 17.7 Å². The van der Waals surface area contributed by atoms with Crippen LogP contribution in [0.4, 0.5) is 11.4 Å². The lowest BCUT2D eigenvalue weighted by atomic mass is 10.1. The first kappa shape index (κ1) is 21.4. The van der Waals surface area contributed by atoms with Crippen LogP contribution in [-0.2, 0) is 4.79 Å². The van der Waals surface area contributed by atoms with Crippen molar-refractivity contribution in [2.75, 3.05) is 24.4 Å². The van der Waals surface area contributed by atoms with Gasteiger partial charge in [0.15, 0.2) is 6.61 Å². The quantitative estimate of drug-likeness (QED) is 0.579. The van der Waals surface area contributed by atoms with Crippen molar-refractivity contribution < 1.29 is 29.0 Å². The first-order valence-corrected chi connectivity index (χ1v) is 9.25. The molecule has 0 saturated heterocycles. The molecule has 0 aliphatic carbocycles. The van der Waals surface area contributed by atoms with Gasteiger partial charge >= 0.3 is 0 Å². The van der Waals surface area contributed by atoms with E-state index >= 15 is 0 Å². The van der Waals surface area contributed by atoms with Crippen LogP contribution in [0.2, 0.25) is 0 Å². The summed E-state index contributed by atoms with van der Waals surface area (Å²) in [6, 6.07) is 18.9. The maximum Gasteiger partial charge on any atom is 0.262 e. The van der Waals surface area contributed by atoms with Gasteiger partial charge in [0.2, 0.25) is 0 Å². The van der Waals surface area contributed by atoms with Gasteiger partial charge in [-0.3, -0.25) is 9.59 Å². The number of carboxylic acids is 1. The molecule has 8 heteroatoms. The maximum atomic E-state index is 12.6. The van der Waals surface area contributed by atoms with Crippen molar-refractivity contribution in [2.24, 2.45) is 0 Å². The number of carboxylic acid groups (broad SMARTS) is 1. The Morgan fingerprint density at radius 3 is 2.29 bits per heavy atom. The van der Waals surface area contributed by atoms with Gasteiger partial charge in [-0.15, -0.1) is 0 Å². The molecule has 0 spiro atoms. The highest BCUT2D eigenvalue weighted by atomic mass is 16.5. The molecule has 31 heavy (non-hydrogen) atoms. The van der Waals surface area contributed by atoms with Gasteiger partial charge in [-0.2, -0.15) is 0 Å². The molecule has 0 bridgehead atoms. The van der Waals surface area contributed by atoms with Crippen molar-refractivity contribution in [3.63, 3.8) is 0 Å². The Bertz CT molecular complexity index is 1100. The van der Waals surface area contributed by atoms with Crippen molar-refractivity contribution >= 4 is 29.2 Å². The number of hydrogen-bond acceptors (Lipinski definition) is 6. The van der Waals surface area contributed by atoms with E-state index in [9.17, 15) is 19.5 Å². The third-order valence-corrected chi connectivity index (χ3v) is 4.24. The topological polar surface area (TPSA) is 117 Å². The molecule has 0 saturated carbocycles. The van der Waals surface area contributed by atoms with Gasteiger partial charge in [-0.25, -0.2) is 0 Å². The highest BCUT2D eigenvalue weighted by Gasteiger charge is 2.14. The number of anilines is 2. The summed E-state index contributed by atoms with van der Waals surface area (Å²) in [6.45, 7) is -0.256. The summed E-state index contributed by atoms with van der Waals surface area (Å²) >= 11 is 0. The number of methoxy groups -OCH3 is 1. The average molecular weight is 419 g/mol. The predicted octanol–water partition coefficient (Wildman–Crippen LogP) is 2.33. The van der Waals surface area contributed by atoms with Crippen molar-refractivity contribution in [1.82, 2.24) is 0 Å². The van der Waals surface area contributed by atoms with Crippen LogP contribution in [0.25, 0.3) is 0 Å². The predicted molar refractivity (Wildman–Crippen MR) is 112 cm³/mol. The van der Waals surface area contributed by atoms with E-state index in [1.807, 2.05) is 0 Å². The molecule has 0 fully saturated rings. The van der Waals surface area contributed by atoms with Crippen molar-refractivity contribution in [3.8, 4) is 11.5 Å². The Morgan fingerprint density at radius 1 is 0.871 bits per heavy atom. The molecule has 0 unspecified atom stereocenters. The molecule has 3 aromatic rings. The van der Waals surface area contributed by atoms with Gasteiger partial charge in [0, 0.05) is 11.8 Å². The Balaban J connectivity index is 1.64. The largest absolute Gasteiger partial charge is 0.545 e. The molecule has 3 rings (SSSR count). The molecular formula is C23H19N2O6-. The van der Waals surface area contributed by atoms with E-state index in [0.717, 1.165) is 0 Å². The number of rotatable bonds is 8. The Morgan fingerprint density at radius 2 is 1.58 bits per heavy atom. The molecule has 158 valence electrons. The Kier molecular flexibility index (Phi) is 6.85. The van der Waals surface area contributed by atoms with Crippen LogP contribution in [0.1, 0.15) is 20.7 Å². The summed E-state index contributed by atoms with van der Waals surface area (Å²) in [5, 5.41) is 16.1. The van der Waals surface area contributed by atoms with E-state index in [1.54, 1.807) is 48.5 Å². The van der Waals surface area contributed by atoms with Crippen LogP contribution in [0, 0.1) is 0 Å². The van der Waals surface area contributed by atoms with Crippen molar-refractivity contribution in [3.05, 3.63) is 83.9 Å². The molecule has 2 amide bonds. The number of nitrogens with one attached hydrogen (secondary N) is 2. The van der Waals surface area contributed by atoms with Gasteiger partial charge in [0.25, 0.3) is 11.8 Å². The average Bonchev–Trinajstić information content (AvgIpc) is 2.78. The molecule has 0 atom stereocenters. The first-order chi connectivity index (χ1) is 15.0. The smallest absolute Gasteiger partial charge is 0.262 e. The summed E-state index contributed by atoms with van der Waals surface area (Å²) in [5.74, 6) is -1.14. The minimum absolute atomic E-state index is 0.00157. The summed E-state index contributed by atoms with van der Waals surface area (Å²) in [4.78, 5) is 35.8. The highest BCUT2D eigenvalue weighted by Crippen LogP contribution is 2.20. The molecular weight excluding hydrogens is 400 g/mol.